The molecule has 1 saturated heterocycles. The van der Waals surface area contributed by atoms with E-state index < -0.39 is 11.9 Å². The largest absolute Gasteiger partial charge is 0.329 e. The number of fused-ring (bicyclic) bond motifs is 1. The number of aryl methyl sites for hydroxylation is 2. The lowest BCUT2D eigenvalue weighted by molar-refractivity contribution is -0.135. The number of imide groups is 1. The first-order valence-corrected chi connectivity index (χ1v) is 7.55. The second kappa shape index (κ2) is 5.28. The zero-order chi connectivity index (χ0) is 16.0. The SMILES string of the molecule is CCc1ccc(Cl)c2c1n(C)c(=O)n2C1CCC(=O)NC1=O. The van der Waals surface area contributed by atoms with E-state index >= 15 is 0 Å². The van der Waals surface area contributed by atoms with Gasteiger partial charge in [0.2, 0.25) is 11.8 Å². The second-order valence-corrected chi connectivity index (χ2v) is 5.84. The Bertz CT molecular complexity index is 850. The Morgan fingerprint density at radius 3 is 2.64 bits per heavy atom. The molecule has 2 aromatic rings. The van der Waals surface area contributed by atoms with Crippen LogP contribution in [0.5, 0.6) is 0 Å². The zero-order valence-corrected chi connectivity index (χ0v) is 13.1. The second-order valence-electron chi connectivity index (χ2n) is 5.44. The molecule has 1 atom stereocenters. The van der Waals surface area contributed by atoms with E-state index in [0.717, 1.165) is 17.5 Å². The van der Waals surface area contributed by atoms with Crippen LogP contribution in [0.15, 0.2) is 16.9 Å². The highest BCUT2D eigenvalue weighted by Crippen LogP contribution is 2.30. The molecule has 3 rings (SSSR count). The van der Waals surface area contributed by atoms with Gasteiger partial charge >= 0.3 is 5.69 Å². The van der Waals surface area contributed by atoms with E-state index in [1.54, 1.807) is 13.1 Å². The monoisotopic (exact) mass is 321 g/mol. The number of hydrogen-bond acceptors (Lipinski definition) is 3. The zero-order valence-electron chi connectivity index (χ0n) is 12.4. The predicted molar refractivity (Wildman–Crippen MR) is 83.0 cm³/mol. The van der Waals surface area contributed by atoms with Gasteiger partial charge in [-0.3, -0.25) is 24.0 Å². The number of piperidine rings is 1. The Morgan fingerprint density at radius 1 is 1.27 bits per heavy atom. The number of imidazole rings is 1. The summed E-state index contributed by atoms with van der Waals surface area (Å²) < 4.78 is 2.93. The molecule has 0 spiro atoms. The average molecular weight is 322 g/mol. The lowest BCUT2D eigenvalue weighted by atomic mass is 10.1. The third-order valence-electron chi connectivity index (χ3n) is 4.16. The predicted octanol–water partition coefficient (Wildman–Crippen LogP) is 1.53. The Morgan fingerprint density at radius 2 is 2.00 bits per heavy atom. The minimum absolute atomic E-state index is 0.213. The molecular formula is C15H16ClN3O3. The van der Waals surface area contributed by atoms with Gasteiger partial charge in [0.25, 0.3) is 0 Å². The first-order chi connectivity index (χ1) is 10.5. The fourth-order valence-corrected chi connectivity index (χ4v) is 3.30. The fourth-order valence-electron chi connectivity index (χ4n) is 3.06. The number of nitrogens with one attached hydrogen (secondary N) is 1. The van der Waals surface area contributed by atoms with Crippen LogP contribution in [0.2, 0.25) is 5.02 Å². The molecule has 116 valence electrons. The molecule has 6 nitrogen and oxygen atoms in total. The van der Waals surface area contributed by atoms with E-state index in [-0.39, 0.29) is 18.0 Å². The number of halogens is 1. The van der Waals surface area contributed by atoms with Crippen molar-refractivity contribution in [1.29, 1.82) is 0 Å². The van der Waals surface area contributed by atoms with Gasteiger partial charge in [0.1, 0.15) is 6.04 Å². The number of carbonyl (C=O) groups excluding carboxylic acids is 2. The van der Waals surface area contributed by atoms with E-state index in [1.807, 2.05) is 13.0 Å². The standard InChI is InChI=1S/C15H16ClN3O3/c1-3-8-4-5-9(16)13-12(8)18(2)15(22)19(13)10-6-7-11(20)17-14(10)21/h4-5,10H,3,6-7H2,1-2H3,(H,17,20,21). The van der Waals surface area contributed by atoms with Crippen LogP contribution < -0.4 is 11.0 Å². The summed E-state index contributed by atoms with van der Waals surface area (Å²) in [5.41, 5.74) is 1.99. The number of amides is 2. The topological polar surface area (TPSA) is 73.1 Å². The van der Waals surface area contributed by atoms with E-state index in [9.17, 15) is 14.4 Å². The summed E-state index contributed by atoms with van der Waals surface area (Å²) in [4.78, 5) is 36.1. The van der Waals surface area contributed by atoms with Gasteiger partial charge in [-0.1, -0.05) is 24.6 Å². The molecule has 0 bridgehead atoms. The average Bonchev–Trinajstić information content (AvgIpc) is 2.74. The van der Waals surface area contributed by atoms with E-state index in [1.165, 1.54) is 9.13 Å². The number of benzene rings is 1. The van der Waals surface area contributed by atoms with E-state index in [2.05, 4.69) is 5.32 Å². The Labute approximate surface area is 131 Å². The molecule has 7 heteroatoms. The van der Waals surface area contributed by atoms with Gasteiger partial charge in [0.15, 0.2) is 0 Å². The van der Waals surface area contributed by atoms with Crippen LogP contribution in [0.25, 0.3) is 11.0 Å². The van der Waals surface area contributed by atoms with Gasteiger partial charge in [-0.15, -0.1) is 0 Å². The van der Waals surface area contributed by atoms with Crippen molar-refractivity contribution in [3.8, 4) is 0 Å². The van der Waals surface area contributed by atoms with Crippen molar-refractivity contribution in [3.63, 3.8) is 0 Å². The van der Waals surface area contributed by atoms with Crippen LogP contribution >= 0.6 is 11.6 Å². The van der Waals surface area contributed by atoms with Gasteiger partial charge in [-0.2, -0.15) is 0 Å². The smallest absolute Gasteiger partial charge is 0.295 e. The number of carbonyl (C=O) groups is 2. The highest BCUT2D eigenvalue weighted by atomic mass is 35.5. The molecule has 1 aromatic heterocycles. The van der Waals surface area contributed by atoms with Gasteiger partial charge < -0.3 is 0 Å². The quantitative estimate of drug-likeness (QED) is 0.853. The Balaban J connectivity index is 2.31. The number of hydrogen-bond donors (Lipinski definition) is 1. The van der Waals surface area contributed by atoms with Crippen molar-refractivity contribution in [1.82, 2.24) is 14.5 Å². The highest BCUT2D eigenvalue weighted by molar-refractivity contribution is 6.35. The summed E-state index contributed by atoms with van der Waals surface area (Å²) in [5, 5.41) is 2.71. The van der Waals surface area contributed by atoms with Crippen molar-refractivity contribution in [2.24, 2.45) is 7.05 Å². The molecule has 1 unspecified atom stereocenters. The van der Waals surface area contributed by atoms with Gasteiger partial charge in [0.05, 0.1) is 16.1 Å². The van der Waals surface area contributed by atoms with Crippen LogP contribution in [0.1, 0.15) is 31.4 Å². The summed E-state index contributed by atoms with van der Waals surface area (Å²) in [6.07, 6.45) is 1.26. The molecule has 1 aromatic carbocycles. The van der Waals surface area contributed by atoms with Crippen molar-refractivity contribution < 1.29 is 9.59 Å². The lowest BCUT2D eigenvalue weighted by Gasteiger charge is -2.22. The van der Waals surface area contributed by atoms with Crippen molar-refractivity contribution in [2.45, 2.75) is 32.2 Å². The number of nitrogens with zero attached hydrogens (tertiary/aromatic N) is 2. The summed E-state index contributed by atoms with van der Waals surface area (Å²) in [6, 6.07) is 2.92. The molecule has 22 heavy (non-hydrogen) atoms. The van der Waals surface area contributed by atoms with Crippen molar-refractivity contribution >= 4 is 34.4 Å². The van der Waals surface area contributed by atoms with Crippen molar-refractivity contribution in [3.05, 3.63) is 33.2 Å². The molecule has 2 amide bonds. The first kappa shape index (κ1) is 14.8. The van der Waals surface area contributed by atoms with Crippen LogP contribution in [0.4, 0.5) is 0 Å². The Kier molecular flexibility index (Phi) is 3.56. The summed E-state index contributed by atoms with van der Waals surface area (Å²) >= 11 is 6.30. The molecule has 1 aliphatic heterocycles. The maximum Gasteiger partial charge on any atom is 0.329 e. The summed E-state index contributed by atoms with van der Waals surface area (Å²) in [5.74, 6) is -0.765. The van der Waals surface area contributed by atoms with Crippen molar-refractivity contribution in [2.75, 3.05) is 0 Å². The molecule has 0 saturated carbocycles. The van der Waals surface area contributed by atoms with Gasteiger partial charge in [-0.05, 0) is 24.5 Å². The lowest BCUT2D eigenvalue weighted by Crippen LogP contribution is -2.44. The molecule has 0 aliphatic carbocycles. The Hall–Kier alpha value is -2.08. The molecule has 2 heterocycles. The summed E-state index contributed by atoms with van der Waals surface area (Å²) in [6.45, 7) is 2.00. The van der Waals surface area contributed by atoms with E-state index in [0.29, 0.717) is 17.0 Å². The third kappa shape index (κ3) is 2.06. The number of aromatic nitrogens is 2. The first-order valence-electron chi connectivity index (χ1n) is 7.17. The van der Waals surface area contributed by atoms with Crippen LogP contribution in [0, 0.1) is 0 Å². The van der Waals surface area contributed by atoms with Crippen LogP contribution in [0.3, 0.4) is 0 Å². The maximum atomic E-state index is 12.6. The van der Waals surface area contributed by atoms with Gasteiger partial charge in [0, 0.05) is 13.5 Å². The highest BCUT2D eigenvalue weighted by Gasteiger charge is 2.32. The minimum atomic E-state index is -0.710. The molecular weight excluding hydrogens is 306 g/mol. The van der Waals surface area contributed by atoms with Crippen LogP contribution in [-0.4, -0.2) is 20.9 Å². The minimum Gasteiger partial charge on any atom is -0.295 e. The normalized spacial score (nSPS) is 18.8. The third-order valence-corrected chi connectivity index (χ3v) is 4.46. The molecule has 1 aliphatic rings. The molecule has 0 radical (unpaired) electrons. The van der Waals surface area contributed by atoms with E-state index in [4.69, 9.17) is 11.6 Å². The fraction of sp³-hybridized carbons (Fsp3) is 0.400. The molecule has 1 N–H and O–H groups in total. The maximum absolute atomic E-state index is 12.6. The van der Waals surface area contributed by atoms with Gasteiger partial charge in [-0.25, -0.2) is 4.79 Å². The number of rotatable bonds is 2. The molecule has 1 fully saturated rings. The summed E-state index contributed by atoms with van der Waals surface area (Å²) in [7, 11) is 1.67. The van der Waals surface area contributed by atoms with Crippen LogP contribution in [-0.2, 0) is 23.1 Å².